The van der Waals surface area contributed by atoms with Crippen LogP contribution in [0, 0.1) is 0 Å². The van der Waals surface area contributed by atoms with Crippen molar-refractivity contribution in [3.63, 3.8) is 0 Å². The van der Waals surface area contributed by atoms with Gasteiger partial charge in [-0.1, -0.05) is 83.4 Å². The van der Waals surface area contributed by atoms with Crippen molar-refractivity contribution in [1.82, 2.24) is 0 Å². The van der Waals surface area contributed by atoms with Gasteiger partial charge in [0.05, 0.1) is 0 Å². The van der Waals surface area contributed by atoms with Gasteiger partial charge in [0.1, 0.15) is 15.9 Å². The minimum atomic E-state index is -4.57. The SMILES string of the molecule is CCCCCCCc1cccc(CCCCCCC)c1OC(C)(C)S(=O)(=O)[O-].[Na+]. The number of unbranched alkanes of at least 4 members (excludes halogenated alkanes) is 8. The van der Waals surface area contributed by atoms with E-state index in [1.165, 1.54) is 52.4 Å². The first kappa shape index (κ1) is 28.9. The zero-order valence-electron chi connectivity index (χ0n) is 19.3. The van der Waals surface area contributed by atoms with Gasteiger partial charge in [-0.2, -0.15) is 0 Å². The number of ether oxygens (including phenoxy) is 1. The van der Waals surface area contributed by atoms with E-state index in [0.29, 0.717) is 5.75 Å². The summed E-state index contributed by atoms with van der Waals surface area (Å²) < 4.78 is 40.9. The molecular weight excluding hydrogens is 395 g/mol. The quantitative estimate of drug-likeness (QED) is 0.241. The Balaban J connectivity index is 0.00000784. The fourth-order valence-electron chi connectivity index (χ4n) is 3.30. The van der Waals surface area contributed by atoms with Crippen LogP contribution in [0.5, 0.6) is 5.75 Å². The molecule has 0 aliphatic heterocycles. The topological polar surface area (TPSA) is 66.4 Å². The van der Waals surface area contributed by atoms with Crippen LogP contribution in [0.4, 0.5) is 0 Å². The number of rotatable bonds is 15. The summed E-state index contributed by atoms with van der Waals surface area (Å²) in [6.45, 7) is 7.08. The second-order valence-corrected chi connectivity index (χ2v) is 10.1. The van der Waals surface area contributed by atoms with Crippen LogP contribution >= 0.6 is 0 Å². The number of aryl methyl sites for hydroxylation is 2. The minimum absolute atomic E-state index is 0. The van der Waals surface area contributed by atoms with Gasteiger partial charge in [-0.15, -0.1) is 0 Å². The second-order valence-electron chi connectivity index (χ2n) is 8.19. The van der Waals surface area contributed by atoms with Crippen molar-refractivity contribution in [3.8, 4) is 5.75 Å². The third-order valence-electron chi connectivity index (χ3n) is 5.23. The van der Waals surface area contributed by atoms with Crippen molar-refractivity contribution in [2.75, 3.05) is 0 Å². The number of hydrogen-bond donors (Lipinski definition) is 0. The van der Waals surface area contributed by atoms with Gasteiger partial charge < -0.3 is 9.29 Å². The van der Waals surface area contributed by atoms with Gasteiger partial charge in [-0.25, -0.2) is 8.42 Å². The first-order valence-corrected chi connectivity index (χ1v) is 12.4. The summed E-state index contributed by atoms with van der Waals surface area (Å²) in [6.07, 6.45) is 13.4. The van der Waals surface area contributed by atoms with Crippen LogP contribution in [-0.2, 0) is 23.0 Å². The molecule has 0 saturated heterocycles. The molecule has 0 aromatic heterocycles. The van der Waals surface area contributed by atoms with Crippen LogP contribution in [-0.4, -0.2) is 17.9 Å². The zero-order chi connectivity index (χ0) is 21.0. The summed E-state index contributed by atoms with van der Waals surface area (Å²) in [4.78, 5) is -1.78. The second kappa shape index (κ2) is 14.9. The molecule has 0 atom stereocenters. The van der Waals surface area contributed by atoms with Crippen molar-refractivity contribution in [2.45, 2.75) is 110 Å². The van der Waals surface area contributed by atoms with Crippen molar-refractivity contribution in [3.05, 3.63) is 29.3 Å². The van der Waals surface area contributed by atoms with Gasteiger partial charge in [0.15, 0.2) is 4.93 Å². The van der Waals surface area contributed by atoms with Crippen molar-refractivity contribution in [2.24, 2.45) is 0 Å². The summed E-state index contributed by atoms with van der Waals surface area (Å²) in [6, 6.07) is 6.03. The van der Waals surface area contributed by atoms with Crippen LogP contribution in [0.15, 0.2) is 18.2 Å². The van der Waals surface area contributed by atoms with Gasteiger partial charge in [0.2, 0.25) is 0 Å². The molecule has 0 N–H and O–H groups in total. The van der Waals surface area contributed by atoms with Crippen molar-refractivity contribution in [1.29, 1.82) is 0 Å². The van der Waals surface area contributed by atoms with E-state index in [-0.39, 0.29) is 29.6 Å². The van der Waals surface area contributed by atoms with Gasteiger partial charge in [0, 0.05) is 0 Å². The molecule has 0 aliphatic carbocycles. The zero-order valence-corrected chi connectivity index (χ0v) is 22.1. The Morgan fingerprint density at radius 2 is 1.24 bits per heavy atom. The van der Waals surface area contributed by atoms with Crippen molar-refractivity contribution >= 4 is 10.1 Å². The maximum absolute atomic E-state index is 11.7. The predicted molar refractivity (Wildman–Crippen MR) is 116 cm³/mol. The van der Waals surface area contributed by atoms with E-state index in [0.717, 1.165) is 49.7 Å². The molecule has 1 aromatic carbocycles. The summed E-state index contributed by atoms with van der Waals surface area (Å²) in [5.74, 6) is 0.609. The molecule has 0 fully saturated rings. The molecule has 0 saturated carbocycles. The monoisotopic (exact) mass is 434 g/mol. The number of hydrogen-bond acceptors (Lipinski definition) is 4. The molecule has 0 heterocycles. The summed E-state index contributed by atoms with van der Waals surface area (Å²) in [5.41, 5.74) is 2.03. The molecule has 162 valence electrons. The summed E-state index contributed by atoms with van der Waals surface area (Å²) in [5, 5.41) is 0. The first-order chi connectivity index (χ1) is 13.2. The molecule has 29 heavy (non-hydrogen) atoms. The van der Waals surface area contributed by atoms with Gasteiger partial charge in [-0.3, -0.25) is 0 Å². The standard InChI is InChI=1S/C23H40O4S.Na/c1-5-7-9-11-13-16-20-18-15-19-21(17-14-12-10-8-6-2)22(20)27-23(3,4)28(24,25)26;/h15,18-19H,5-14,16-17H2,1-4H3,(H,24,25,26);/q;+1/p-1. The van der Waals surface area contributed by atoms with Gasteiger partial charge in [-0.05, 0) is 50.7 Å². The van der Waals surface area contributed by atoms with Crippen LogP contribution in [0.3, 0.4) is 0 Å². The molecule has 1 rings (SSSR count). The average molecular weight is 435 g/mol. The fourth-order valence-corrected chi connectivity index (χ4v) is 3.48. The Hall–Kier alpha value is -0.0700. The third-order valence-corrected chi connectivity index (χ3v) is 6.51. The van der Waals surface area contributed by atoms with E-state index in [1.54, 1.807) is 0 Å². The molecule has 0 spiro atoms. The summed E-state index contributed by atoms with van der Waals surface area (Å²) >= 11 is 0. The third kappa shape index (κ3) is 10.7. The van der Waals surface area contributed by atoms with Gasteiger partial charge >= 0.3 is 29.6 Å². The molecule has 4 nitrogen and oxygen atoms in total. The van der Waals surface area contributed by atoms with Crippen LogP contribution < -0.4 is 34.3 Å². The Morgan fingerprint density at radius 1 is 0.828 bits per heavy atom. The fraction of sp³-hybridized carbons (Fsp3) is 0.739. The Bertz CT molecular complexity index is 639. The normalized spacial score (nSPS) is 11.9. The maximum atomic E-state index is 11.7. The molecule has 6 heteroatoms. The molecule has 1 aromatic rings. The average Bonchev–Trinajstić information content (AvgIpc) is 2.62. The van der Waals surface area contributed by atoms with Crippen LogP contribution in [0.25, 0.3) is 0 Å². The van der Waals surface area contributed by atoms with E-state index in [4.69, 9.17) is 4.74 Å². The Morgan fingerprint density at radius 3 is 1.62 bits per heavy atom. The summed E-state index contributed by atoms with van der Waals surface area (Å²) in [7, 11) is -4.57. The maximum Gasteiger partial charge on any atom is 1.00 e. The molecule has 0 aliphatic rings. The van der Waals surface area contributed by atoms with E-state index in [1.807, 2.05) is 18.2 Å². The molecule has 0 amide bonds. The predicted octanol–water partition coefficient (Wildman–Crippen LogP) is 3.38. The number of para-hydroxylation sites is 1. The Labute approximate surface area is 201 Å². The van der Waals surface area contributed by atoms with Gasteiger partial charge in [0.25, 0.3) is 0 Å². The smallest absolute Gasteiger partial charge is 0.745 e. The molecule has 0 unspecified atom stereocenters. The molecular formula is C23H39NaO4S. The number of benzene rings is 1. The first-order valence-electron chi connectivity index (χ1n) is 11.0. The largest absolute Gasteiger partial charge is 1.00 e. The van der Waals surface area contributed by atoms with E-state index >= 15 is 0 Å². The van der Waals surface area contributed by atoms with Crippen molar-refractivity contribution < 1.29 is 47.3 Å². The molecule has 0 bridgehead atoms. The van der Waals surface area contributed by atoms with E-state index in [2.05, 4.69) is 13.8 Å². The van der Waals surface area contributed by atoms with E-state index in [9.17, 15) is 13.0 Å². The minimum Gasteiger partial charge on any atom is -0.745 e. The Kier molecular flexibility index (Phi) is 14.8. The molecule has 0 radical (unpaired) electrons. The van der Waals surface area contributed by atoms with Crippen LogP contribution in [0.1, 0.15) is 103 Å². The van der Waals surface area contributed by atoms with Crippen LogP contribution in [0.2, 0.25) is 0 Å². The van der Waals surface area contributed by atoms with E-state index < -0.39 is 15.1 Å².